The third-order valence-corrected chi connectivity index (χ3v) is 5.68. The van der Waals surface area contributed by atoms with Crippen molar-refractivity contribution in [1.82, 2.24) is 15.2 Å². The van der Waals surface area contributed by atoms with Crippen LogP contribution < -0.4 is 16.4 Å². The molecule has 184 valence electrons. The third kappa shape index (κ3) is 5.72. The van der Waals surface area contributed by atoms with Crippen molar-refractivity contribution in [2.24, 2.45) is 0 Å². The van der Waals surface area contributed by atoms with Crippen molar-refractivity contribution in [2.45, 2.75) is 38.0 Å². The first kappa shape index (κ1) is 24.5. The van der Waals surface area contributed by atoms with Crippen LogP contribution in [-0.4, -0.2) is 48.7 Å². The van der Waals surface area contributed by atoms with E-state index in [2.05, 4.69) is 16.7 Å². The van der Waals surface area contributed by atoms with Gasteiger partial charge in [0.25, 0.3) is 12.3 Å². The zero-order valence-electron chi connectivity index (χ0n) is 18.6. The minimum Gasteiger partial charge on any atom is -0.405 e. The number of carbonyl (C=O) groups excluding carboxylic acids is 1. The van der Waals surface area contributed by atoms with Crippen molar-refractivity contribution in [3.8, 4) is 17.2 Å². The second-order valence-electron chi connectivity index (χ2n) is 8.18. The number of nitrogens with zero attached hydrogens (tertiary/aromatic N) is 2. The Labute approximate surface area is 198 Å². The lowest BCUT2D eigenvalue weighted by molar-refractivity contribution is -0.132. The summed E-state index contributed by atoms with van der Waals surface area (Å²) in [5.41, 5.74) is 1.25. The average Bonchev–Trinajstić information content (AvgIpc) is 3.01. The minimum atomic E-state index is -2.81. The van der Waals surface area contributed by atoms with Gasteiger partial charge in [0.15, 0.2) is 11.4 Å². The number of rotatable bonds is 7. The van der Waals surface area contributed by atoms with Crippen LogP contribution in [-0.2, 0) is 22.5 Å². The zero-order chi connectivity index (χ0) is 24.9. The Bertz CT molecular complexity index is 1290. The number of benzene rings is 2. The highest BCUT2D eigenvalue weighted by Crippen LogP contribution is 2.27. The number of aromatic nitrogens is 1. The molecule has 0 saturated carbocycles. The minimum absolute atomic E-state index is 0.0585. The number of nitriles is 1. The molecule has 8 nitrogen and oxygen atoms in total. The molecule has 2 aromatic carbocycles. The Hall–Kier alpha value is -3.62. The molecule has 1 unspecified atom stereocenters. The largest absolute Gasteiger partial charge is 0.420 e. The van der Waals surface area contributed by atoms with Crippen LogP contribution in [0.5, 0.6) is 0 Å². The predicted molar refractivity (Wildman–Crippen MR) is 120 cm³/mol. The molecule has 11 heteroatoms. The summed E-state index contributed by atoms with van der Waals surface area (Å²) >= 11 is 0. The highest BCUT2D eigenvalue weighted by atomic mass is 19.3. The van der Waals surface area contributed by atoms with Gasteiger partial charge in [-0.1, -0.05) is 24.3 Å². The van der Waals surface area contributed by atoms with Crippen LogP contribution in [0.2, 0.25) is 0 Å². The fourth-order valence-electron chi connectivity index (χ4n) is 3.94. The van der Waals surface area contributed by atoms with Gasteiger partial charge in [0.1, 0.15) is 12.1 Å². The molecule has 4 rings (SSSR count). The molecule has 0 bridgehead atoms. The molecule has 1 aromatic heterocycles. The van der Waals surface area contributed by atoms with E-state index in [0.29, 0.717) is 28.8 Å². The first-order valence-electron chi connectivity index (χ1n) is 11.1. The Morgan fingerprint density at radius 3 is 2.74 bits per heavy atom. The molecule has 2 atom stereocenters. The monoisotopic (exact) mass is 488 g/mol. The van der Waals surface area contributed by atoms with E-state index in [4.69, 9.17) is 9.15 Å². The molecule has 1 saturated heterocycles. The van der Waals surface area contributed by atoms with Gasteiger partial charge in [-0.25, -0.2) is 18.0 Å². The Morgan fingerprint density at radius 1 is 1.26 bits per heavy atom. The molecule has 1 amide bonds. The number of hydrogen-bond donors (Lipinski definition) is 2. The van der Waals surface area contributed by atoms with Crippen LogP contribution in [0.25, 0.3) is 22.2 Å². The average molecular weight is 488 g/mol. The van der Waals surface area contributed by atoms with E-state index in [9.17, 15) is 28.0 Å². The standard InChI is InChI=1S/C24H23F3N4O4/c25-18-9-16(10-19-22(18)35-24(33)31(19)13-21(26)27)15-4-2-14(3-5-15)8-17(11-28)30-23(32)20-12-29-6-1-7-34-20/h2-5,9-10,17,20-21,29H,1,6-8,12-13H2,(H,30,32)/t17-,20?/m0/s1. The molecule has 35 heavy (non-hydrogen) atoms. The van der Waals surface area contributed by atoms with Crippen LogP contribution in [0.15, 0.2) is 45.6 Å². The Morgan fingerprint density at radius 2 is 2.03 bits per heavy atom. The van der Waals surface area contributed by atoms with Gasteiger partial charge in [-0.05, 0) is 41.8 Å². The van der Waals surface area contributed by atoms with Gasteiger partial charge in [0.05, 0.1) is 18.1 Å². The lowest BCUT2D eigenvalue weighted by Crippen LogP contribution is -2.46. The maximum Gasteiger partial charge on any atom is 0.420 e. The van der Waals surface area contributed by atoms with Crippen molar-refractivity contribution in [2.75, 3.05) is 19.7 Å². The molecule has 2 N–H and O–H groups in total. The van der Waals surface area contributed by atoms with Crippen molar-refractivity contribution < 1.29 is 27.1 Å². The molecule has 0 radical (unpaired) electrons. The fourth-order valence-corrected chi connectivity index (χ4v) is 3.94. The van der Waals surface area contributed by atoms with Crippen molar-refractivity contribution in [1.29, 1.82) is 5.26 Å². The SMILES string of the molecule is N#C[C@H](Cc1ccc(-c2cc(F)c3oc(=O)n(CC(F)F)c3c2)cc1)NC(=O)C1CNCCCO1. The first-order chi connectivity index (χ1) is 16.9. The molecule has 0 spiro atoms. The van der Waals surface area contributed by atoms with Gasteiger partial charge in [0.2, 0.25) is 0 Å². The number of halogens is 3. The van der Waals surface area contributed by atoms with E-state index >= 15 is 0 Å². The number of fused-ring (bicyclic) bond motifs is 1. The molecule has 0 aliphatic carbocycles. The van der Waals surface area contributed by atoms with Gasteiger partial charge in [-0.3, -0.25) is 9.36 Å². The summed E-state index contributed by atoms with van der Waals surface area (Å²) < 4.78 is 51.3. The lowest BCUT2D eigenvalue weighted by atomic mass is 10.0. The number of ether oxygens (including phenoxy) is 1. The van der Waals surface area contributed by atoms with E-state index in [-0.39, 0.29) is 23.4 Å². The summed E-state index contributed by atoms with van der Waals surface area (Å²) in [4.78, 5) is 24.3. The predicted octanol–water partition coefficient (Wildman–Crippen LogP) is 2.60. The van der Waals surface area contributed by atoms with E-state index in [1.807, 2.05) is 0 Å². The summed E-state index contributed by atoms with van der Waals surface area (Å²) in [6.07, 6.45) is -2.42. The summed E-state index contributed by atoms with van der Waals surface area (Å²) in [7, 11) is 0. The van der Waals surface area contributed by atoms with E-state index in [1.165, 1.54) is 6.07 Å². The van der Waals surface area contributed by atoms with Gasteiger partial charge < -0.3 is 19.8 Å². The maximum absolute atomic E-state index is 14.5. The molecule has 3 aromatic rings. The smallest absolute Gasteiger partial charge is 0.405 e. The molecule has 1 aliphatic heterocycles. The topological polar surface area (TPSA) is 109 Å². The zero-order valence-corrected chi connectivity index (χ0v) is 18.6. The normalized spacial score (nSPS) is 17.2. The molecular formula is C24H23F3N4O4. The van der Waals surface area contributed by atoms with Crippen molar-refractivity contribution in [3.05, 3.63) is 58.3 Å². The van der Waals surface area contributed by atoms with Gasteiger partial charge in [-0.15, -0.1) is 0 Å². The Balaban J connectivity index is 1.49. The van der Waals surface area contributed by atoms with Crippen LogP contribution in [0, 0.1) is 17.1 Å². The first-order valence-corrected chi connectivity index (χ1v) is 11.1. The maximum atomic E-state index is 14.5. The Kier molecular flexibility index (Phi) is 7.53. The number of amides is 1. The summed E-state index contributed by atoms with van der Waals surface area (Å²) in [5, 5.41) is 15.3. The highest BCUT2D eigenvalue weighted by molar-refractivity contribution is 5.82. The summed E-state index contributed by atoms with van der Waals surface area (Å²) in [6.45, 7) is 0.699. The number of oxazole rings is 1. The summed E-state index contributed by atoms with van der Waals surface area (Å²) in [5.74, 6) is -2.25. The molecule has 1 aliphatic rings. The van der Waals surface area contributed by atoms with Crippen LogP contribution in [0.1, 0.15) is 12.0 Å². The lowest BCUT2D eigenvalue weighted by Gasteiger charge is -2.18. The second kappa shape index (κ2) is 10.8. The molecular weight excluding hydrogens is 465 g/mol. The van der Waals surface area contributed by atoms with E-state index < -0.39 is 36.7 Å². The third-order valence-electron chi connectivity index (χ3n) is 5.68. The van der Waals surface area contributed by atoms with E-state index in [1.54, 1.807) is 24.3 Å². The van der Waals surface area contributed by atoms with Gasteiger partial charge >= 0.3 is 5.76 Å². The summed E-state index contributed by atoms with van der Waals surface area (Å²) in [6, 6.07) is 10.7. The second-order valence-corrected chi connectivity index (χ2v) is 8.18. The van der Waals surface area contributed by atoms with Crippen molar-refractivity contribution >= 4 is 17.0 Å². The van der Waals surface area contributed by atoms with Crippen LogP contribution >= 0.6 is 0 Å². The molecule has 1 fully saturated rings. The van der Waals surface area contributed by atoms with Crippen LogP contribution in [0.4, 0.5) is 13.2 Å². The quantitative estimate of drug-likeness (QED) is 0.529. The highest BCUT2D eigenvalue weighted by Gasteiger charge is 2.23. The van der Waals surface area contributed by atoms with E-state index in [0.717, 1.165) is 24.6 Å². The molecule has 2 heterocycles. The van der Waals surface area contributed by atoms with Gasteiger partial charge in [-0.2, -0.15) is 5.26 Å². The van der Waals surface area contributed by atoms with Gasteiger partial charge in [0, 0.05) is 19.6 Å². The fraction of sp³-hybridized carbons (Fsp3) is 0.375. The van der Waals surface area contributed by atoms with Crippen molar-refractivity contribution in [3.63, 3.8) is 0 Å². The number of alkyl halides is 2. The number of nitrogens with one attached hydrogen (secondary N) is 2. The number of hydrogen-bond acceptors (Lipinski definition) is 6. The van der Waals surface area contributed by atoms with Crippen LogP contribution in [0.3, 0.4) is 0 Å². The number of carbonyl (C=O) groups is 1.